The second kappa shape index (κ2) is 14.2. The number of anilines is 1. The molecule has 1 atom stereocenters. The summed E-state index contributed by atoms with van der Waals surface area (Å²) >= 11 is 0. The third-order valence-corrected chi connectivity index (χ3v) is 15.8. The molecule has 5 rings (SSSR count). The van der Waals surface area contributed by atoms with Gasteiger partial charge in [-0.25, -0.2) is 13.2 Å². The van der Waals surface area contributed by atoms with E-state index in [2.05, 4.69) is 63.0 Å². The first-order valence-electron chi connectivity index (χ1n) is 16.4. The molecule has 1 fully saturated rings. The molecule has 1 N–H and O–H groups in total. The lowest BCUT2D eigenvalue weighted by Gasteiger charge is -2.38. The Morgan fingerprint density at radius 2 is 1.69 bits per heavy atom. The fraction of sp³-hybridized carbons (Fsp3) is 0.459. The lowest BCUT2D eigenvalue weighted by Crippen LogP contribution is -2.43. The summed E-state index contributed by atoms with van der Waals surface area (Å²) in [4.78, 5) is 9.15. The van der Waals surface area contributed by atoms with Crippen LogP contribution in [0.15, 0.2) is 30.3 Å². The van der Waals surface area contributed by atoms with Crippen molar-refractivity contribution in [2.45, 2.75) is 70.7 Å². The zero-order valence-electron chi connectivity index (χ0n) is 29.2. The van der Waals surface area contributed by atoms with Crippen LogP contribution in [0.1, 0.15) is 54.0 Å². The number of ether oxygens (including phenoxy) is 3. The van der Waals surface area contributed by atoms with Gasteiger partial charge in [0.25, 0.3) is 0 Å². The Kier molecular flexibility index (Phi) is 10.6. The van der Waals surface area contributed by atoms with Crippen molar-refractivity contribution < 1.29 is 36.9 Å². The molecular formula is C37H43F4N3O4Si. The summed E-state index contributed by atoms with van der Waals surface area (Å²) in [6.07, 6.45) is -1.24. The molecule has 0 saturated carbocycles. The Hall–Kier alpha value is -3.76. The number of hydrogen-bond donors (Lipinski definition) is 1. The van der Waals surface area contributed by atoms with E-state index in [-0.39, 0.29) is 83.2 Å². The molecule has 12 heteroatoms. The summed E-state index contributed by atoms with van der Waals surface area (Å²) < 4.78 is 80.6. The van der Waals surface area contributed by atoms with E-state index in [9.17, 15) is 5.11 Å². The van der Waals surface area contributed by atoms with E-state index in [4.69, 9.17) is 14.2 Å². The van der Waals surface area contributed by atoms with Crippen LogP contribution in [0.3, 0.4) is 0 Å². The lowest BCUT2D eigenvalue weighted by atomic mass is 9.92. The molecule has 49 heavy (non-hydrogen) atoms. The van der Waals surface area contributed by atoms with Crippen LogP contribution in [0.4, 0.5) is 23.4 Å². The molecular weight excluding hydrogens is 655 g/mol. The summed E-state index contributed by atoms with van der Waals surface area (Å²) in [5.41, 5.74) is 1.91. The van der Waals surface area contributed by atoms with Gasteiger partial charge in [0.1, 0.15) is 42.4 Å². The number of halogens is 4. The topological polar surface area (TPSA) is 76.9 Å². The molecule has 7 nitrogen and oxygen atoms in total. The normalized spacial score (nSPS) is 17.3. The van der Waals surface area contributed by atoms with Crippen LogP contribution in [0, 0.1) is 35.0 Å². The highest BCUT2D eigenvalue weighted by Crippen LogP contribution is 2.43. The first-order valence-corrected chi connectivity index (χ1v) is 18.7. The van der Waals surface area contributed by atoms with Gasteiger partial charge in [0, 0.05) is 30.0 Å². The average Bonchev–Trinajstić information content (AvgIpc) is 3.20. The highest BCUT2D eigenvalue weighted by atomic mass is 28.3. The van der Waals surface area contributed by atoms with Crippen molar-refractivity contribution in [3.8, 4) is 28.3 Å². The standard InChI is InChI=1S/C37H43F4N3O4Si/c1-21(2)49(22(3)4,23(5)6)14-11-26-29(38)10-9-24-15-25(48-20-46-8)16-27(31(24)26)32-30(39)17-28-34(33(32)40)42-36(41)43-35(28)44-12-13-47-19-37(7,45)18-44/h9-10,15-17,21-23,45H,12-13,18-20H2,1-8H3. The minimum absolute atomic E-state index is 0.00451. The Morgan fingerprint density at radius 1 is 1.00 bits per heavy atom. The van der Waals surface area contributed by atoms with Crippen molar-refractivity contribution in [1.82, 2.24) is 9.97 Å². The molecule has 0 radical (unpaired) electrons. The minimum atomic E-state index is -2.35. The molecule has 262 valence electrons. The quantitative estimate of drug-likeness (QED) is 0.0655. The molecule has 0 aliphatic carbocycles. The van der Waals surface area contributed by atoms with Crippen LogP contribution >= 0.6 is 0 Å². The van der Waals surface area contributed by atoms with Crippen molar-refractivity contribution >= 4 is 35.6 Å². The monoisotopic (exact) mass is 697 g/mol. The molecule has 1 aliphatic rings. The van der Waals surface area contributed by atoms with Crippen molar-refractivity contribution in [2.24, 2.45) is 0 Å². The number of benzene rings is 3. The molecule has 1 unspecified atom stereocenters. The number of β-amino-alcohol motifs (C(OH)–C–C–N with tert-alkyl or cyclic N) is 1. The summed E-state index contributed by atoms with van der Waals surface area (Å²) in [6.45, 7) is 14.6. The largest absolute Gasteiger partial charge is 0.468 e. The van der Waals surface area contributed by atoms with Gasteiger partial charge < -0.3 is 24.2 Å². The van der Waals surface area contributed by atoms with Crippen LogP contribution in [0.2, 0.25) is 16.6 Å². The van der Waals surface area contributed by atoms with Crippen molar-refractivity contribution in [2.75, 3.05) is 45.1 Å². The summed E-state index contributed by atoms with van der Waals surface area (Å²) in [5, 5.41) is 11.3. The molecule has 4 aromatic rings. The third-order valence-electron chi connectivity index (χ3n) is 9.51. The van der Waals surface area contributed by atoms with Gasteiger partial charge in [-0.3, -0.25) is 0 Å². The van der Waals surface area contributed by atoms with E-state index < -0.39 is 48.3 Å². The van der Waals surface area contributed by atoms with Crippen LogP contribution in [-0.2, 0) is 9.47 Å². The highest BCUT2D eigenvalue weighted by Gasteiger charge is 2.42. The minimum Gasteiger partial charge on any atom is -0.468 e. The van der Waals surface area contributed by atoms with E-state index in [0.717, 1.165) is 6.07 Å². The predicted molar refractivity (Wildman–Crippen MR) is 186 cm³/mol. The summed E-state index contributed by atoms with van der Waals surface area (Å²) in [6, 6.07) is 6.85. The Labute approximate surface area is 285 Å². The van der Waals surface area contributed by atoms with E-state index >= 15 is 17.6 Å². The number of hydrogen-bond acceptors (Lipinski definition) is 7. The van der Waals surface area contributed by atoms with Gasteiger partial charge in [-0.1, -0.05) is 53.5 Å². The Morgan fingerprint density at radius 3 is 2.35 bits per heavy atom. The smallest absolute Gasteiger partial charge is 0.311 e. The van der Waals surface area contributed by atoms with Crippen molar-refractivity contribution in [3.63, 3.8) is 0 Å². The maximum Gasteiger partial charge on any atom is 0.311 e. The van der Waals surface area contributed by atoms with Gasteiger partial charge in [0.2, 0.25) is 0 Å². The summed E-state index contributed by atoms with van der Waals surface area (Å²) in [7, 11) is -0.920. The molecule has 0 amide bonds. The maximum atomic E-state index is 16.8. The molecule has 0 spiro atoms. The van der Waals surface area contributed by atoms with Gasteiger partial charge in [-0.15, -0.1) is 5.54 Å². The van der Waals surface area contributed by atoms with Gasteiger partial charge in [-0.05, 0) is 53.2 Å². The van der Waals surface area contributed by atoms with Crippen LogP contribution in [-0.4, -0.2) is 69.0 Å². The number of aromatic nitrogens is 2. The predicted octanol–water partition coefficient (Wildman–Crippen LogP) is 8.15. The number of aliphatic hydroxyl groups is 1. The van der Waals surface area contributed by atoms with Crippen LogP contribution < -0.4 is 9.64 Å². The summed E-state index contributed by atoms with van der Waals surface area (Å²) in [5.74, 6) is 0.469. The van der Waals surface area contributed by atoms with Crippen molar-refractivity contribution in [1.29, 1.82) is 0 Å². The third kappa shape index (κ3) is 6.99. The Bertz CT molecular complexity index is 1920. The second-order valence-electron chi connectivity index (χ2n) is 13.9. The number of nitrogens with zero attached hydrogens (tertiary/aromatic N) is 3. The van der Waals surface area contributed by atoms with E-state index in [1.165, 1.54) is 30.2 Å². The zero-order valence-corrected chi connectivity index (χ0v) is 30.2. The molecule has 1 aliphatic heterocycles. The highest BCUT2D eigenvalue weighted by molar-refractivity contribution is 6.90. The van der Waals surface area contributed by atoms with E-state index in [0.29, 0.717) is 5.39 Å². The lowest BCUT2D eigenvalue weighted by molar-refractivity contribution is -0.0123. The fourth-order valence-electron chi connectivity index (χ4n) is 7.37. The Balaban J connectivity index is 1.84. The van der Waals surface area contributed by atoms with Gasteiger partial charge >= 0.3 is 6.08 Å². The second-order valence-corrected chi connectivity index (χ2v) is 19.5. The molecule has 3 aromatic carbocycles. The molecule has 2 heterocycles. The van der Waals surface area contributed by atoms with Crippen LogP contribution in [0.5, 0.6) is 5.75 Å². The number of rotatable bonds is 8. The van der Waals surface area contributed by atoms with E-state index in [1.54, 1.807) is 13.0 Å². The van der Waals surface area contributed by atoms with Gasteiger partial charge in [0.05, 0.1) is 30.9 Å². The molecule has 0 bridgehead atoms. The fourth-order valence-corrected chi connectivity index (χ4v) is 12.6. The van der Waals surface area contributed by atoms with Crippen molar-refractivity contribution in [3.05, 3.63) is 59.4 Å². The van der Waals surface area contributed by atoms with E-state index in [1.807, 2.05) is 0 Å². The van der Waals surface area contributed by atoms with Crippen LogP contribution in [0.25, 0.3) is 32.8 Å². The maximum absolute atomic E-state index is 16.8. The zero-order chi connectivity index (χ0) is 35.8. The average molecular weight is 698 g/mol. The number of fused-ring (bicyclic) bond motifs is 2. The van der Waals surface area contributed by atoms with Gasteiger partial charge in [0.15, 0.2) is 12.6 Å². The molecule has 1 aromatic heterocycles. The molecule has 1 saturated heterocycles. The number of methoxy groups -OCH3 is 1. The first-order chi connectivity index (χ1) is 23.1. The van der Waals surface area contributed by atoms with Gasteiger partial charge in [-0.2, -0.15) is 14.4 Å². The first kappa shape index (κ1) is 36.5. The SMILES string of the molecule is COCOc1cc(-c2c(F)cc3c(N4CCOCC(C)(O)C4)nc(F)nc3c2F)c2c(C#C[Si](C(C)C)(C(C)C)C(C)C)c(F)ccc2c1.